The molecule has 0 fully saturated rings. The summed E-state index contributed by atoms with van der Waals surface area (Å²) in [7, 11) is 0. The molecule has 0 aromatic carbocycles. The number of aliphatic carboxylic acids is 1. The van der Waals surface area contributed by atoms with Gasteiger partial charge >= 0.3 is 5.97 Å². The predicted octanol–water partition coefficient (Wildman–Crippen LogP) is 1.36. The Balaban J connectivity index is 3.68. The number of carboxylic acids is 1. The Kier molecular flexibility index (Phi) is 5.10. The molecule has 0 aliphatic carbocycles. The Labute approximate surface area is 83.6 Å². The summed E-state index contributed by atoms with van der Waals surface area (Å²) in [5.41, 5.74) is 0.205. The molecule has 0 saturated carbocycles. The molecule has 2 N–H and O–H groups in total. The second-order valence-electron chi connectivity index (χ2n) is 3.48. The Morgan fingerprint density at radius 2 is 2.15 bits per heavy atom. The van der Waals surface area contributed by atoms with Crippen molar-refractivity contribution in [2.75, 3.05) is 19.3 Å². The van der Waals surface area contributed by atoms with Crippen LogP contribution in [0.15, 0.2) is 12.2 Å². The average Bonchev–Trinajstić information content (AvgIpc) is 2.04. The molecule has 13 heavy (non-hydrogen) atoms. The molecule has 0 heterocycles. The second kappa shape index (κ2) is 5.29. The van der Waals surface area contributed by atoms with Crippen molar-refractivity contribution in [2.24, 2.45) is 0 Å². The molecule has 0 aliphatic heterocycles. The van der Waals surface area contributed by atoms with Gasteiger partial charge in [0, 0.05) is 23.4 Å². The summed E-state index contributed by atoms with van der Waals surface area (Å²) in [5, 5.41) is 11.6. The fraction of sp³-hybridized carbons (Fsp3) is 0.667. The third-order valence-electron chi connectivity index (χ3n) is 1.74. The van der Waals surface area contributed by atoms with Gasteiger partial charge < -0.3 is 10.4 Å². The molecule has 0 aliphatic rings. The van der Waals surface area contributed by atoms with Gasteiger partial charge in [0.1, 0.15) is 0 Å². The summed E-state index contributed by atoms with van der Waals surface area (Å²) in [4.78, 5) is 10.4. The molecule has 0 amide bonds. The van der Waals surface area contributed by atoms with Gasteiger partial charge in [-0.15, -0.1) is 0 Å². The minimum atomic E-state index is -0.936. The van der Waals surface area contributed by atoms with Crippen LogP contribution in [0, 0.1) is 0 Å². The van der Waals surface area contributed by atoms with Gasteiger partial charge in [-0.25, -0.2) is 4.79 Å². The van der Waals surface area contributed by atoms with E-state index in [1.165, 1.54) is 0 Å². The summed E-state index contributed by atoms with van der Waals surface area (Å²) in [6, 6.07) is 0. The van der Waals surface area contributed by atoms with E-state index in [9.17, 15) is 4.79 Å². The van der Waals surface area contributed by atoms with E-state index < -0.39 is 5.97 Å². The van der Waals surface area contributed by atoms with Crippen molar-refractivity contribution in [3.63, 3.8) is 0 Å². The van der Waals surface area contributed by atoms with Crippen molar-refractivity contribution in [1.29, 1.82) is 0 Å². The van der Waals surface area contributed by atoms with Crippen LogP contribution in [0.25, 0.3) is 0 Å². The predicted molar refractivity (Wildman–Crippen MR) is 57.2 cm³/mol. The standard InChI is InChI=1S/C9H17NO2S/c1-7(8(11)12)5-10-6-9(2,3)13-4/h10H,1,5-6H2,2-4H3,(H,11,12). The van der Waals surface area contributed by atoms with Crippen molar-refractivity contribution in [3.05, 3.63) is 12.2 Å². The third kappa shape index (κ3) is 5.71. The van der Waals surface area contributed by atoms with Crippen LogP contribution in [0.3, 0.4) is 0 Å². The highest BCUT2D eigenvalue weighted by Gasteiger charge is 2.15. The van der Waals surface area contributed by atoms with E-state index in [2.05, 4.69) is 25.7 Å². The molecule has 0 radical (unpaired) electrons. The molecule has 3 nitrogen and oxygen atoms in total. The lowest BCUT2D eigenvalue weighted by molar-refractivity contribution is -0.132. The minimum Gasteiger partial charge on any atom is -0.478 e. The molecule has 0 bridgehead atoms. The van der Waals surface area contributed by atoms with Crippen molar-refractivity contribution >= 4 is 17.7 Å². The van der Waals surface area contributed by atoms with Gasteiger partial charge in [-0.05, 0) is 20.1 Å². The SMILES string of the molecule is C=C(CNCC(C)(C)SC)C(=O)O. The Bertz CT molecular complexity index is 202. The van der Waals surface area contributed by atoms with E-state index in [0.29, 0.717) is 6.54 Å². The van der Waals surface area contributed by atoms with E-state index in [0.717, 1.165) is 6.54 Å². The molecule has 0 spiro atoms. The third-order valence-corrected chi connectivity index (χ3v) is 2.99. The monoisotopic (exact) mass is 203 g/mol. The maximum absolute atomic E-state index is 10.4. The molecular weight excluding hydrogens is 186 g/mol. The molecular formula is C9H17NO2S. The zero-order valence-corrected chi connectivity index (χ0v) is 9.20. The van der Waals surface area contributed by atoms with E-state index in [1.54, 1.807) is 11.8 Å². The van der Waals surface area contributed by atoms with Gasteiger partial charge in [0.15, 0.2) is 0 Å². The maximum atomic E-state index is 10.4. The minimum absolute atomic E-state index is 0.138. The largest absolute Gasteiger partial charge is 0.478 e. The topological polar surface area (TPSA) is 49.3 Å². The van der Waals surface area contributed by atoms with Crippen molar-refractivity contribution < 1.29 is 9.90 Å². The number of thioether (sulfide) groups is 1. The van der Waals surface area contributed by atoms with E-state index in [-0.39, 0.29) is 10.3 Å². The summed E-state index contributed by atoms with van der Waals surface area (Å²) >= 11 is 1.75. The molecule has 0 atom stereocenters. The Hall–Kier alpha value is -0.480. The van der Waals surface area contributed by atoms with Gasteiger partial charge in [-0.3, -0.25) is 0 Å². The molecule has 76 valence electrons. The van der Waals surface area contributed by atoms with Gasteiger partial charge in [0.25, 0.3) is 0 Å². The number of carboxylic acid groups (broad SMARTS) is 1. The first-order valence-electron chi connectivity index (χ1n) is 4.06. The van der Waals surface area contributed by atoms with Crippen molar-refractivity contribution in [2.45, 2.75) is 18.6 Å². The number of hydrogen-bond acceptors (Lipinski definition) is 3. The first-order chi connectivity index (χ1) is 5.89. The van der Waals surface area contributed by atoms with E-state index in [1.807, 2.05) is 6.26 Å². The average molecular weight is 203 g/mol. The summed E-state index contributed by atoms with van der Waals surface area (Å²) in [6.07, 6.45) is 2.04. The highest BCUT2D eigenvalue weighted by Crippen LogP contribution is 2.19. The van der Waals surface area contributed by atoms with Gasteiger partial charge in [-0.1, -0.05) is 6.58 Å². The highest BCUT2D eigenvalue weighted by molar-refractivity contribution is 7.99. The van der Waals surface area contributed by atoms with Crippen LogP contribution in [-0.2, 0) is 4.79 Å². The fourth-order valence-corrected chi connectivity index (χ4v) is 0.909. The quantitative estimate of drug-likeness (QED) is 0.640. The molecule has 4 heteroatoms. The van der Waals surface area contributed by atoms with Gasteiger partial charge in [-0.2, -0.15) is 11.8 Å². The van der Waals surface area contributed by atoms with Crippen LogP contribution in [0.5, 0.6) is 0 Å². The fourth-order valence-electron chi connectivity index (χ4n) is 0.662. The lowest BCUT2D eigenvalue weighted by Crippen LogP contribution is -2.33. The molecule has 0 unspecified atom stereocenters. The van der Waals surface area contributed by atoms with Crippen LogP contribution in [0.4, 0.5) is 0 Å². The van der Waals surface area contributed by atoms with Crippen LogP contribution in [0.1, 0.15) is 13.8 Å². The molecule has 0 saturated heterocycles. The Morgan fingerprint density at radius 3 is 2.54 bits per heavy atom. The lowest BCUT2D eigenvalue weighted by atomic mass is 10.2. The summed E-state index contributed by atoms with van der Waals surface area (Å²) < 4.78 is 0.138. The van der Waals surface area contributed by atoms with Crippen LogP contribution in [0.2, 0.25) is 0 Å². The summed E-state index contributed by atoms with van der Waals surface area (Å²) in [5.74, 6) is -0.936. The van der Waals surface area contributed by atoms with Crippen LogP contribution < -0.4 is 5.32 Å². The van der Waals surface area contributed by atoms with Crippen LogP contribution in [-0.4, -0.2) is 35.2 Å². The highest BCUT2D eigenvalue weighted by atomic mass is 32.2. The van der Waals surface area contributed by atoms with E-state index >= 15 is 0 Å². The first-order valence-corrected chi connectivity index (χ1v) is 5.28. The number of carbonyl (C=O) groups is 1. The van der Waals surface area contributed by atoms with Gasteiger partial charge in [0.05, 0.1) is 0 Å². The molecule has 0 aromatic heterocycles. The zero-order valence-electron chi connectivity index (χ0n) is 8.39. The number of hydrogen-bond donors (Lipinski definition) is 2. The second-order valence-corrected chi connectivity index (χ2v) is 4.99. The number of nitrogens with one attached hydrogen (secondary N) is 1. The Morgan fingerprint density at radius 1 is 1.62 bits per heavy atom. The normalized spacial score (nSPS) is 11.3. The summed E-state index contributed by atoms with van der Waals surface area (Å²) in [6.45, 7) is 8.77. The molecule has 0 aromatic rings. The smallest absolute Gasteiger partial charge is 0.332 e. The van der Waals surface area contributed by atoms with Gasteiger partial charge in [0.2, 0.25) is 0 Å². The number of rotatable bonds is 6. The first kappa shape index (κ1) is 12.5. The maximum Gasteiger partial charge on any atom is 0.332 e. The van der Waals surface area contributed by atoms with Crippen LogP contribution >= 0.6 is 11.8 Å². The van der Waals surface area contributed by atoms with E-state index in [4.69, 9.17) is 5.11 Å². The van der Waals surface area contributed by atoms with Crippen molar-refractivity contribution in [1.82, 2.24) is 5.32 Å². The zero-order chi connectivity index (χ0) is 10.5. The van der Waals surface area contributed by atoms with Crippen molar-refractivity contribution in [3.8, 4) is 0 Å². The molecule has 0 rings (SSSR count). The lowest BCUT2D eigenvalue weighted by Gasteiger charge is -2.22.